The van der Waals surface area contributed by atoms with E-state index in [-0.39, 0.29) is 28.1 Å². The number of halogens is 4. The van der Waals surface area contributed by atoms with Crippen LogP contribution >= 0.6 is 15.9 Å². The summed E-state index contributed by atoms with van der Waals surface area (Å²) in [6, 6.07) is 12.7. The zero-order valence-corrected chi connectivity index (χ0v) is 16.2. The Kier molecular flexibility index (Phi) is 4.87. The number of benzene rings is 1. The highest BCUT2D eigenvalue weighted by Gasteiger charge is 2.36. The van der Waals surface area contributed by atoms with Crippen molar-refractivity contribution in [1.82, 2.24) is 19.9 Å². The minimum Gasteiger partial charge on any atom is -0.467 e. The second-order valence-electron chi connectivity index (χ2n) is 6.05. The number of amides is 1. The molecule has 4 aromatic rings. The Labute approximate surface area is 170 Å². The molecule has 1 amide bonds. The van der Waals surface area contributed by atoms with Crippen LogP contribution in [0, 0.1) is 0 Å². The molecular weight excluding hydrogens is 453 g/mol. The smallest absolute Gasteiger partial charge is 0.433 e. The molecule has 3 aromatic heterocycles. The van der Waals surface area contributed by atoms with E-state index in [1.54, 1.807) is 42.5 Å². The Morgan fingerprint density at radius 1 is 1.17 bits per heavy atom. The molecule has 0 atom stereocenters. The van der Waals surface area contributed by atoms with Gasteiger partial charge in [-0.3, -0.25) is 4.79 Å². The first-order valence-corrected chi connectivity index (χ1v) is 9.16. The number of carbonyl (C=O) groups is 1. The van der Waals surface area contributed by atoms with Gasteiger partial charge in [0.15, 0.2) is 17.0 Å². The van der Waals surface area contributed by atoms with E-state index in [4.69, 9.17) is 4.42 Å². The summed E-state index contributed by atoms with van der Waals surface area (Å²) in [7, 11) is 0. The maximum atomic E-state index is 13.7. The van der Waals surface area contributed by atoms with Crippen LogP contribution in [0.4, 0.5) is 13.2 Å². The predicted octanol–water partition coefficient (Wildman–Crippen LogP) is 4.70. The van der Waals surface area contributed by atoms with Gasteiger partial charge in [-0.25, -0.2) is 9.50 Å². The molecular formula is C19H12BrF3N4O2. The van der Waals surface area contributed by atoms with E-state index in [1.807, 2.05) is 0 Å². The number of hydrogen-bond acceptors (Lipinski definition) is 4. The normalized spacial score (nSPS) is 11.7. The average Bonchev–Trinajstić information content (AvgIpc) is 3.33. The van der Waals surface area contributed by atoms with Crippen LogP contribution in [0.15, 0.2) is 63.7 Å². The molecule has 0 unspecified atom stereocenters. The van der Waals surface area contributed by atoms with E-state index in [1.165, 1.54) is 6.26 Å². The highest BCUT2D eigenvalue weighted by molar-refractivity contribution is 9.10. The van der Waals surface area contributed by atoms with Crippen molar-refractivity contribution >= 4 is 27.5 Å². The Morgan fingerprint density at radius 3 is 2.59 bits per heavy atom. The predicted molar refractivity (Wildman–Crippen MR) is 101 cm³/mol. The number of aromatic nitrogens is 3. The molecule has 29 heavy (non-hydrogen) atoms. The van der Waals surface area contributed by atoms with E-state index in [0.717, 1.165) is 6.07 Å². The van der Waals surface area contributed by atoms with Crippen LogP contribution in [0.25, 0.3) is 16.9 Å². The van der Waals surface area contributed by atoms with Crippen LogP contribution in [0.3, 0.4) is 0 Å². The minimum absolute atomic E-state index is 0.0673. The highest BCUT2D eigenvalue weighted by atomic mass is 79.9. The first-order chi connectivity index (χ1) is 13.8. The molecule has 0 radical (unpaired) electrons. The van der Waals surface area contributed by atoms with E-state index >= 15 is 0 Å². The van der Waals surface area contributed by atoms with Crippen LogP contribution in [-0.4, -0.2) is 20.5 Å². The number of hydrogen-bond donors (Lipinski definition) is 1. The van der Waals surface area contributed by atoms with Gasteiger partial charge in [0.05, 0.1) is 23.0 Å². The number of furan rings is 1. The van der Waals surface area contributed by atoms with Crippen molar-refractivity contribution in [3.63, 3.8) is 0 Å². The summed E-state index contributed by atoms with van der Waals surface area (Å²) in [6.07, 6.45) is -3.24. The van der Waals surface area contributed by atoms with Crippen LogP contribution in [0.5, 0.6) is 0 Å². The van der Waals surface area contributed by atoms with Gasteiger partial charge in [0, 0.05) is 5.56 Å². The van der Waals surface area contributed by atoms with Gasteiger partial charge >= 0.3 is 6.18 Å². The van der Waals surface area contributed by atoms with Crippen molar-refractivity contribution in [3.8, 4) is 11.3 Å². The molecule has 0 aliphatic rings. The molecule has 6 nitrogen and oxygen atoms in total. The molecule has 0 aliphatic carbocycles. The van der Waals surface area contributed by atoms with Crippen molar-refractivity contribution in [2.75, 3.05) is 0 Å². The van der Waals surface area contributed by atoms with Crippen molar-refractivity contribution in [3.05, 3.63) is 76.4 Å². The van der Waals surface area contributed by atoms with Crippen molar-refractivity contribution in [1.29, 1.82) is 0 Å². The van der Waals surface area contributed by atoms with Gasteiger partial charge < -0.3 is 9.73 Å². The SMILES string of the molecule is O=C(NCc1ccco1)c1nn2c(C(F)(F)F)cc(-c3ccccc3)nc2c1Br. The highest BCUT2D eigenvalue weighted by Crippen LogP contribution is 2.34. The molecule has 0 aliphatic heterocycles. The van der Waals surface area contributed by atoms with Gasteiger partial charge in [-0.05, 0) is 34.1 Å². The summed E-state index contributed by atoms with van der Waals surface area (Å²) < 4.78 is 46.8. The second-order valence-corrected chi connectivity index (χ2v) is 6.84. The fraction of sp³-hybridized carbons (Fsp3) is 0.105. The monoisotopic (exact) mass is 464 g/mol. The Bertz CT molecular complexity index is 1170. The Hall–Kier alpha value is -3.14. The van der Waals surface area contributed by atoms with E-state index in [9.17, 15) is 18.0 Å². The molecule has 4 rings (SSSR count). The summed E-state index contributed by atoms with van der Waals surface area (Å²) in [6.45, 7) is 0.0704. The first kappa shape index (κ1) is 19.2. The van der Waals surface area contributed by atoms with Crippen molar-refractivity contribution in [2.24, 2.45) is 0 Å². The van der Waals surface area contributed by atoms with Crippen LogP contribution in [0.1, 0.15) is 21.9 Å². The standard InChI is InChI=1S/C19H12BrF3N4O2/c20-15-16(18(28)24-10-12-7-4-8-29-12)26-27-14(19(21,22)23)9-13(25-17(15)27)11-5-2-1-3-6-11/h1-9H,10H2,(H,24,28). The van der Waals surface area contributed by atoms with Crippen LogP contribution in [-0.2, 0) is 12.7 Å². The zero-order valence-electron chi connectivity index (χ0n) is 14.6. The lowest BCUT2D eigenvalue weighted by atomic mass is 10.1. The van der Waals surface area contributed by atoms with Gasteiger partial charge in [0.2, 0.25) is 0 Å². The Morgan fingerprint density at radius 2 is 1.93 bits per heavy atom. The van der Waals surface area contributed by atoms with Gasteiger partial charge in [-0.1, -0.05) is 30.3 Å². The maximum Gasteiger partial charge on any atom is 0.433 e. The van der Waals surface area contributed by atoms with E-state index in [2.05, 4.69) is 31.3 Å². The fourth-order valence-electron chi connectivity index (χ4n) is 2.76. The quantitative estimate of drug-likeness (QED) is 0.475. The van der Waals surface area contributed by atoms with Crippen LogP contribution in [0.2, 0.25) is 0 Å². The lowest BCUT2D eigenvalue weighted by Gasteiger charge is -2.11. The summed E-state index contributed by atoms with van der Waals surface area (Å²) in [5, 5.41) is 6.42. The van der Waals surface area contributed by atoms with Gasteiger partial charge in [-0.2, -0.15) is 18.3 Å². The molecule has 0 bridgehead atoms. The number of fused-ring (bicyclic) bond motifs is 1. The summed E-state index contributed by atoms with van der Waals surface area (Å²) in [4.78, 5) is 16.8. The number of nitrogens with zero attached hydrogens (tertiary/aromatic N) is 3. The van der Waals surface area contributed by atoms with Crippen LogP contribution < -0.4 is 5.32 Å². The second kappa shape index (κ2) is 7.36. The molecule has 10 heteroatoms. The number of nitrogens with one attached hydrogen (secondary N) is 1. The third kappa shape index (κ3) is 3.75. The largest absolute Gasteiger partial charge is 0.467 e. The molecule has 0 saturated heterocycles. The molecule has 1 aromatic carbocycles. The maximum absolute atomic E-state index is 13.7. The van der Waals surface area contributed by atoms with Gasteiger partial charge in [-0.15, -0.1) is 0 Å². The molecule has 1 N–H and O–H groups in total. The molecule has 0 fully saturated rings. The average molecular weight is 465 g/mol. The lowest BCUT2D eigenvalue weighted by Crippen LogP contribution is -2.23. The summed E-state index contributed by atoms with van der Waals surface area (Å²) in [5.41, 5.74) is -0.722. The van der Waals surface area contributed by atoms with E-state index in [0.29, 0.717) is 15.8 Å². The third-order valence-electron chi connectivity index (χ3n) is 4.11. The minimum atomic E-state index is -4.70. The molecule has 0 saturated carbocycles. The number of carbonyl (C=O) groups excluding carboxylic acids is 1. The zero-order chi connectivity index (χ0) is 20.6. The third-order valence-corrected chi connectivity index (χ3v) is 4.84. The van der Waals surface area contributed by atoms with Crippen molar-refractivity contribution in [2.45, 2.75) is 12.7 Å². The fourth-order valence-corrected chi connectivity index (χ4v) is 3.28. The summed E-state index contributed by atoms with van der Waals surface area (Å²) >= 11 is 3.18. The number of rotatable bonds is 4. The van der Waals surface area contributed by atoms with Crippen molar-refractivity contribution < 1.29 is 22.4 Å². The first-order valence-electron chi connectivity index (χ1n) is 8.37. The Balaban J connectivity index is 1.80. The molecule has 0 spiro atoms. The van der Waals surface area contributed by atoms with E-state index < -0.39 is 17.8 Å². The molecule has 148 valence electrons. The van der Waals surface area contributed by atoms with Gasteiger partial charge in [0.1, 0.15) is 5.76 Å². The summed E-state index contributed by atoms with van der Waals surface area (Å²) in [5.74, 6) is -0.160. The number of alkyl halides is 3. The van der Waals surface area contributed by atoms with Gasteiger partial charge in [0.25, 0.3) is 5.91 Å². The topological polar surface area (TPSA) is 72.4 Å². The molecule has 3 heterocycles. The lowest BCUT2D eigenvalue weighted by molar-refractivity contribution is -0.142.